The largest absolute Gasteiger partial charge is 1.00 e. The van der Waals surface area contributed by atoms with Crippen LogP contribution < -0.4 is 28.4 Å². The molecule has 134 valence electrons. The van der Waals surface area contributed by atoms with Crippen molar-refractivity contribution in [1.82, 2.24) is 5.32 Å². The maximum atomic E-state index is 12.2. The van der Waals surface area contributed by atoms with Gasteiger partial charge in [-0.3, -0.25) is 10.1 Å². The minimum Gasteiger partial charge on any atom is -1.00 e. The average molecular weight is 359 g/mol. The number of aromatic hydroxyl groups is 1. The maximum Gasteiger partial charge on any atom is 0.411 e. The lowest BCUT2D eigenvalue weighted by Gasteiger charge is -2.37. The minimum atomic E-state index is -0.627. The van der Waals surface area contributed by atoms with Crippen LogP contribution in [0.3, 0.4) is 0 Å². The molecule has 8 nitrogen and oxygen atoms in total. The second kappa shape index (κ2) is 8.72. The third-order valence-electron chi connectivity index (χ3n) is 3.89. The van der Waals surface area contributed by atoms with Gasteiger partial charge < -0.3 is 37.4 Å². The number of benzene rings is 1. The first-order chi connectivity index (χ1) is 10.9. The molecule has 1 fully saturated rings. The standard InChI is InChI=1S/C15H22N4O4.ClH/c1-19(7-5-16-6-8-19)10-14(21)18-12-4-3-11(9-13(12)20)17-15(22)23-2;/h3-4,9,16H,5-8,10H2,1-2H3,(H2-,17,18,20,21,22);1H. The van der Waals surface area contributed by atoms with Crippen molar-refractivity contribution in [3.05, 3.63) is 18.2 Å². The summed E-state index contributed by atoms with van der Waals surface area (Å²) < 4.78 is 5.14. The summed E-state index contributed by atoms with van der Waals surface area (Å²) >= 11 is 0. The summed E-state index contributed by atoms with van der Waals surface area (Å²) in [6, 6.07) is 4.47. The Morgan fingerprint density at radius 1 is 1.29 bits per heavy atom. The number of quaternary nitrogens is 1. The van der Waals surface area contributed by atoms with Crippen LogP contribution in [0, 0.1) is 0 Å². The number of hydrogen-bond donors (Lipinski definition) is 4. The van der Waals surface area contributed by atoms with Gasteiger partial charge in [0.15, 0.2) is 6.54 Å². The number of rotatable bonds is 4. The molecule has 0 saturated carbocycles. The Kier molecular flexibility index (Phi) is 7.27. The van der Waals surface area contributed by atoms with Crippen molar-refractivity contribution >= 4 is 23.4 Å². The van der Waals surface area contributed by atoms with E-state index in [-0.39, 0.29) is 24.1 Å². The van der Waals surface area contributed by atoms with Crippen molar-refractivity contribution in [3.8, 4) is 5.75 Å². The average Bonchev–Trinajstić information content (AvgIpc) is 2.50. The van der Waals surface area contributed by atoms with Crippen molar-refractivity contribution in [1.29, 1.82) is 0 Å². The second-order valence-corrected chi connectivity index (χ2v) is 5.87. The fraction of sp³-hybridized carbons (Fsp3) is 0.467. The molecule has 0 aromatic heterocycles. The molecule has 0 unspecified atom stereocenters. The zero-order valence-corrected chi connectivity index (χ0v) is 14.5. The number of nitrogens with zero attached hydrogens (tertiary/aromatic N) is 1. The number of carbonyl (C=O) groups excluding carboxylic acids is 2. The molecule has 0 atom stereocenters. The summed E-state index contributed by atoms with van der Waals surface area (Å²) in [7, 11) is 3.30. The Morgan fingerprint density at radius 2 is 1.96 bits per heavy atom. The summed E-state index contributed by atoms with van der Waals surface area (Å²) in [5.74, 6) is -0.270. The number of phenolic OH excluding ortho intramolecular Hbond substituents is 1. The van der Waals surface area contributed by atoms with E-state index in [1.165, 1.54) is 19.2 Å². The molecular formula is C15H23ClN4O4. The van der Waals surface area contributed by atoms with Gasteiger partial charge in [0.1, 0.15) is 5.75 Å². The number of likely N-dealkylation sites (N-methyl/N-ethyl adjacent to an activating group) is 1. The van der Waals surface area contributed by atoms with Crippen LogP contribution in [0.2, 0.25) is 0 Å². The van der Waals surface area contributed by atoms with E-state index in [1.807, 2.05) is 7.05 Å². The second-order valence-electron chi connectivity index (χ2n) is 5.87. The Balaban J connectivity index is 0.00000288. The van der Waals surface area contributed by atoms with Crippen LogP contribution in [0.25, 0.3) is 0 Å². The smallest absolute Gasteiger partial charge is 0.411 e. The molecule has 1 aromatic rings. The van der Waals surface area contributed by atoms with Crippen molar-refractivity contribution < 1.29 is 36.3 Å². The Hall–Kier alpha value is -2.03. The number of halogens is 1. The molecule has 1 aliphatic rings. The quantitative estimate of drug-likeness (QED) is 0.354. The van der Waals surface area contributed by atoms with E-state index < -0.39 is 6.09 Å². The van der Waals surface area contributed by atoms with E-state index >= 15 is 0 Å². The van der Waals surface area contributed by atoms with Gasteiger partial charge in [-0.1, -0.05) is 0 Å². The van der Waals surface area contributed by atoms with Gasteiger partial charge in [0.05, 0.1) is 32.9 Å². The molecule has 0 bridgehead atoms. The minimum absolute atomic E-state index is 0. The van der Waals surface area contributed by atoms with E-state index in [0.29, 0.717) is 22.4 Å². The van der Waals surface area contributed by atoms with Gasteiger partial charge in [0, 0.05) is 24.8 Å². The fourth-order valence-electron chi connectivity index (χ4n) is 2.51. The summed E-state index contributed by atoms with van der Waals surface area (Å²) in [6.45, 7) is 3.91. The van der Waals surface area contributed by atoms with Crippen LogP contribution in [-0.4, -0.2) is 68.5 Å². The highest BCUT2D eigenvalue weighted by Crippen LogP contribution is 2.27. The van der Waals surface area contributed by atoms with Gasteiger partial charge in [-0.25, -0.2) is 4.79 Å². The summed E-state index contributed by atoms with van der Waals surface area (Å²) in [6.07, 6.45) is -0.627. The number of ether oxygens (including phenoxy) is 1. The van der Waals surface area contributed by atoms with Crippen LogP contribution in [0.5, 0.6) is 5.75 Å². The predicted octanol–water partition coefficient (Wildman–Crippen LogP) is -2.44. The molecule has 24 heavy (non-hydrogen) atoms. The molecule has 1 heterocycles. The van der Waals surface area contributed by atoms with Crippen molar-refractivity contribution in [3.63, 3.8) is 0 Å². The van der Waals surface area contributed by atoms with E-state index in [0.717, 1.165) is 26.2 Å². The normalized spacial score (nSPS) is 15.8. The topological polar surface area (TPSA) is 99.7 Å². The predicted molar refractivity (Wildman–Crippen MR) is 86.4 cm³/mol. The Bertz CT molecular complexity index is 591. The Labute approximate surface area is 147 Å². The number of methoxy groups -OCH3 is 1. The lowest BCUT2D eigenvalue weighted by molar-refractivity contribution is -0.903. The molecule has 2 amide bonds. The van der Waals surface area contributed by atoms with Crippen LogP contribution in [0.15, 0.2) is 18.2 Å². The number of nitrogens with one attached hydrogen (secondary N) is 3. The zero-order valence-electron chi connectivity index (χ0n) is 13.8. The van der Waals surface area contributed by atoms with Gasteiger partial charge in [-0.15, -0.1) is 0 Å². The molecule has 9 heteroatoms. The van der Waals surface area contributed by atoms with E-state index in [2.05, 4.69) is 20.7 Å². The third kappa shape index (κ3) is 5.55. The molecule has 0 radical (unpaired) electrons. The van der Waals surface area contributed by atoms with Crippen LogP contribution in [0.4, 0.5) is 16.2 Å². The van der Waals surface area contributed by atoms with Gasteiger partial charge in [-0.05, 0) is 12.1 Å². The van der Waals surface area contributed by atoms with Gasteiger partial charge >= 0.3 is 6.09 Å². The number of phenols is 1. The molecule has 1 aromatic carbocycles. The number of piperazine rings is 1. The van der Waals surface area contributed by atoms with Crippen molar-refractivity contribution in [2.45, 2.75) is 0 Å². The molecule has 4 N–H and O–H groups in total. The first-order valence-corrected chi connectivity index (χ1v) is 7.44. The molecule has 0 spiro atoms. The molecule has 1 aliphatic heterocycles. The van der Waals surface area contributed by atoms with Crippen LogP contribution in [0.1, 0.15) is 0 Å². The first-order valence-electron chi connectivity index (χ1n) is 7.44. The van der Waals surface area contributed by atoms with Crippen LogP contribution in [-0.2, 0) is 9.53 Å². The third-order valence-corrected chi connectivity index (χ3v) is 3.89. The first kappa shape index (κ1) is 20.0. The highest BCUT2D eigenvalue weighted by Gasteiger charge is 2.27. The van der Waals surface area contributed by atoms with Gasteiger partial charge in [0.25, 0.3) is 5.91 Å². The summed E-state index contributed by atoms with van der Waals surface area (Å²) in [5, 5.41) is 18.4. The lowest BCUT2D eigenvalue weighted by atomic mass is 10.2. The summed E-state index contributed by atoms with van der Waals surface area (Å²) in [5.41, 5.74) is 0.695. The lowest BCUT2D eigenvalue weighted by Crippen LogP contribution is -3.00. The number of carbonyl (C=O) groups is 2. The number of amides is 2. The zero-order chi connectivity index (χ0) is 16.9. The molecule has 2 rings (SSSR count). The highest BCUT2D eigenvalue weighted by molar-refractivity contribution is 5.94. The molecular weight excluding hydrogens is 336 g/mol. The molecule has 1 saturated heterocycles. The number of anilines is 2. The molecule has 0 aliphatic carbocycles. The van der Waals surface area contributed by atoms with E-state index in [4.69, 9.17) is 0 Å². The van der Waals surface area contributed by atoms with Gasteiger partial charge in [-0.2, -0.15) is 0 Å². The Morgan fingerprint density at radius 3 is 2.54 bits per heavy atom. The van der Waals surface area contributed by atoms with E-state index in [9.17, 15) is 14.7 Å². The number of hydrogen-bond acceptors (Lipinski definition) is 5. The van der Waals surface area contributed by atoms with Gasteiger partial charge in [0.2, 0.25) is 0 Å². The van der Waals surface area contributed by atoms with Crippen LogP contribution >= 0.6 is 0 Å². The van der Waals surface area contributed by atoms with Crippen molar-refractivity contribution in [2.24, 2.45) is 0 Å². The SMILES string of the molecule is COC(=O)Nc1ccc(NC(=O)C[N+]2(C)CCNCC2)c(O)c1.[Cl-]. The summed E-state index contributed by atoms with van der Waals surface area (Å²) in [4.78, 5) is 23.3. The van der Waals surface area contributed by atoms with Crippen molar-refractivity contribution in [2.75, 3.05) is 57.5 Å². The monoisotopic (exact) mass is 358 g/mol. The highest BCUT2D eigenvalue weighted by atomic mass is 35.5. The maximum absolute atomic E-state index is 12.2. The fourth-order valence-corrected chi connectivity index (χ4v) is 2.51. The van der Waals surface area contributed by atoms with E-state index in [1.54, 1.807) is 6.07 Å².